The van der Waals surface area contributed by atoms with Gasteiger partial charge in [0.25, 0.3) is 0 Å². The Balaban J connectivity index is 0.00000132. The maximum absolute atomic E-state index is 14.3. The van der Waals surface area contributed by atoms with Crippen molar-refractivity contribution in [2.75, 3.05) is 39.4 Å². The molecule has 3 nitrogen and oxygen atoms in total. The van der Waals surface area contributed by atoms with Gasteiger partial charge in [-0.15, -0.1) is 24.8 Å². The first kappa shape index (κ1) is 20.6. The summed E-state index contributed by atoms with van der Waals surface area (Å²) in [7, 11) is 0. The number of rotatable bonds is 3. The fraction of sp³-hybridized carbons (Fsp3) is 0.625. The molecule has 2 saturated heterocycles. The number of hydrogen-bond acceptors (Lipinski definition) is 3. The molecule has 7 heteroatoms. The number of nitrogens with zero attached hydrogens (tertiary/aromatic N) is 1. The molecular formula is C16H24Cl2F2N2O. The van der Waals surface area contributed by atoms with Gasteiger partial charge in [-0.2, -0.15) is 0 Å². The summed E-state index contributed by atoms with van der Waals surface area (Å²) in [5, 5.41) is 3.32. The Morgan fingerprint density at radius 3 is 2.39 bits per heavy atom. The Morgan fingerprint density at radius 2 is 1.74 bits per heavy atom. The molecule has 1 aromatic carbocycles. The van der Waals surface area contributed by atoms with Gasteiger partial charge in [0.05, 0.1) is 0 Å². The standard InChI is InChI=1S/C16H22F2N2O.2ClH/c17-13-1-2-15(18)14(11-13)16(12-3-9-21-10-4-12)20-7-5-19-6-8-20;;/h1-2,11-12,16,19H,3-10H2;2*1H/t16-;;/m1../s1. The third kappa shape index (κ3) is 5.00. The van der Waals surface area contributed by atoms with E-state index in [1.807, 2.05) is 0 Å². The van der Waals surface area contributed by atoms with Crippen LogP contribution >= 0.6 is 24.8 Å². The Bertz CT molecular complexity index is 463. The van der Waals surface area contributed by atoms with Crippen LogP contribution < -0.4 is 5.32 Å². The fourth-order valence-electron chi connectivity index (χ4n) is 3.48. The molecule has 3 rings (SSSR count). The molecule has 0 unspecified atom stereocenters. The molecule has 23 heavy (non-hydrogen) atoms. The topological polar surface area (TPSA) is 24.5 Å². The van der Waals surface area contributed by atoms with Crippen molar-refractivity contribution in [2.45, 2.75) is 18.9 Å². The summed E-state index contributed by atoms with van der Waals surface area (Å²) in [5.74, 6) is -0.335. The molecule has 0 aromatic heterocycles. The Labute approximate surface area is 148 Å². The van der Waals surface area contributed by atoms with Crippen molar-refractivity contribution >= 4 is 24.8 Å². The van der Waals surface area contributed by atoms with E-state index < -0.39 is 0 Å². The molecule has 0 aliphatic carbocycles. The smallest absolute Gasteiger partial charge is 0.128 e. The Morgan fingerprint density at radius 1 is 1.09 bits per heavy atom. The lowest BCUT2D eigenvalue weighted by Crippen LogP contribution is -2.47. The molecule has 1 aromatic rings. The molecule has 0 spiro atoms. The summed E-state index contributed by atoms with van der Waals surface area (Å²) < 4.78 is 33.3. The maximum atomic E-state index is 14.3. The Hall–Kier alpha value is -0.460. The molecule has 132 valence electrons. The van der Waals surface area contributed by atoms with Crippen molar-refractivity contribution in [2.24, 2.45) is 5.92 Å². The van der Waals surface area contributed by atoms with E-state index in [9.17, 15) is 8.78 Å². The lowest BCUT2D eigenvalue weighted by molar-refractivity contribution is 0.0202. The minimum atomic E-state index is -0.362. The first-order valence-corrected chi connectivity index (χ1v) is 7.73. The summed E-state index contributed by atoms with van der Waals surface area (Å²) in [6, 6.07) is 3.76. The largest absolute Gasteiger partial charge is 0.381 e. The molecular weight excluding hydrogens is 345 g/mol. The second-order valence-electron chi connectivity index (χ2n) is 5.85. The van der Waals surface area contributed by atoms with Crippen LogP contribution in [0.1, 0.15) is 24.4 Å². The Kier molecular flexibility index (Phi) is 8.72. The van der Waals surface area contributed by atoms with Gasteiger partial charge in [0.1, 0.15) is 11.6 Å². The molecule has 0 saturated carbocycles. The van der Waals surface area contributed by atoms with Crippen molar-refractivity contribution in [3.63, 3.8) is 0 Å². The van der Waals surface area contributed by atoms with E-state index in [-0.39, 0.29) is 42.5 Å². The minimum absolute atomic E-state index is 0. The highest BCUT2D eigenvalue weighted by Gasteiger charge is 2.33. The number of ether oxygens (including phenoxy) is 1. The number of benzene rings is 1. The van der Waals surface area contributed by atoms with Crippen molar-refractivity contribution in [1.29, 1.82) is 0 Å². The zero-order valence-corrected chi connectivity index (χ0v) is 14.6. The predicted octanol–water partition coefficient (Wildman–Crippen LogP) is 3.18. The second-order valence-corrected chi connectivity index (χ2v) is 5.85. The third-order valence-corrected chi connectivity index (χ3v) is 4.53. The van der Waals surface area contributed by atoms with Crippen molar-refractivity contribution < 1.29 is 13.5 Å². The highest BCUT2D eigenvalue weighted by Crippen LogP contribution is 2.36. The van der Waals surface area contributed by atoms with E-state index in [2.05, 4.69) is 10.2 Å². The maximum Gasteiger partial charge on any atom is 0.128 e. The molecule has 0 radical (unpaired) electrons. The highest BCUT2D eigenvalue weighted by atomic mass is 35.5. The second kappa shape index (κ2) is 9.74. The van der Waals surface area contributed by atoms with Gasteiger partial charge in [0, 0.05) is 51.0 Å². The summed E-state index contributed by atoms with van der Waals surface area (Å²) in [4.78, 5) is 2.30. The van der Waals surface area contributed by atoms with Crippen LogP contribution in [0.5, 0.6) is 0 Å². The van der Waals surface area contributed by atoms with Gasteiger partial charge in [-0.05, 0) is 37.0 Å². The monoisotopic (exact) mass is 368 g/mol. The first-order valence-electron chi connectivity index (χ1n) is 7.73. The van der Waals surface area contributed by atoms with Crippen LogP contribution in [0.2, 0.25) is 0 Å². The number of halogens is 4. The normalized spacial score (nSPS) is 21.1. The molecule has 0 amide bonds. The van der Waals surface area contributed by atoms with Crippen LogP contribution in [0.4, 0.5) is 8.78 Å². The summed E-state index contributed by atoms with van der Waals surface area (Å²) >= 11 is 0. The zero-order valence-electron chi connectivity index (χ0n) is 13.0. The van der Waals surface area contributed by atoms with Crippen molar-refractivity contribution in [3.8, 4) is 0 Å². The summed E-state index contributed by atoms with van der Waals surface area (Å²) in [5.41, 5.74) is 0.504. The van der Waals surface area contributed by atoms with Gasteiger partial charge in [-0.3, -0.25) is 4.90 Å². The number of nitrogens with one attached hydrogen (secondary N) is 1. The van der Waals surface area contributed by atoms with E-state index in [0.29, 0.717) is 24.7 Å². The third-order valence-electron chi connectivity index (χ3n) is 4.53. The molecule has 2 fully saturated rings. The van der Waals surface area contributed by atoms with Crippen LogP contribution in [0.25, 0.3) is 0 Å². The number of piperazine rings is 1. The van der Waals surface area contributed by atoms with E-state index in [1.54, 1.807) is 0 Å². The van der Waals surface area contributed by atoms with Gasteiger partial charge < -0.3 is 10.1 Å². The summed E-state index contributed by atoms with van der Waals surface area (Å²) in [6.07, 6.45) is 1.81. The molecule has 2 heterocycles. The molecule has 2 aliphatic heterocycles. The van der Waals surface area contributed by atoms with Crippen molar-refractivity contribution in [1.82, 2.24) is 10.2 Å². The van der Waals surface area contributed by atoms with Gasteiger partial charge in [0.15, 0.2) is 0 Å². The van der Waals surface area contributed by atoms with Gasteiger partial charge in [-0.1, -0.05) is 0 Å². The molecule has 1 N–H and O–H groups in total. The quantitative estimate of drug-likeness (QED) is 0.886. The molecule has 2 aliphatic rings. The lowest BCUT2D eigenvalue weighted by Gasteiger charge is -2.41. The van der Waals surface area contributed by atoms with Gasteiger partial charge in [0.2, 0.25) is 0 Å². The van der Waals surface area contributed by atoms with Crippen LogP contribution in [-0.2, 0) is 4.74 Å². The zero-order chi connectivity index (χ0) is 14.7. The minimum Gasteiger partial charge on any atom is -0.381 e. The van der Waals surface area contributed by atoms with E-state index in [0.717, 1.165) is 39.0 Å². The van der Waals surface area contributed by atoms with Crippen LogP contribution in [-0.4, -0.2) is 44.3 Å². The molecule has 1 atom stereocenters. The van der Waals surface area contributed by atoms with Gasteiger partial charge >= 0.3 is 0 Å². The van der Waals surface area contributed by atoms with Crippen LogP contribution in [0, 0.1) is 17.6 Å². The highest BCUT2D eigenvalue weighted by molar-refractivity contribution is 5.85. The average Bonchev–Trinajstić information content (AvgIpc) is 2.53. The van der Waals surface area contributed by atoms with Gasteiger partial charge in [-0.25, -0.2) is 8.78 Å². The SMILES string of the molecule is Cl.Cl.Fc1ccc(F)c([C@@H](C2CCOCC2)N2CCNCC2)c1. The average molecular weight is 369 g/mol. The molecule has 0 bridgehead atoms. The lowest BCUT2D eigenvalue weighted by atomic mass is 9.85. The van der Waals surface area contributed by atoms with E-state index in [4.69, 9.17) is 4.74 Å². The fourth-order valence-corrected chi connectivity index (χ4v) is 3.48. The first-order chi connectivity index (χ1) is 10.3. The number of hydrogen-bond donors (Lipinski definition) is 1. The predicted molar refractivity (Wildman–Crippen MR) is 91.6 cm³/mol. The van der Waals surface area contributed by atoms with E-state index >= 15 is 0 Å². The van der Waals surface area contributed by atoms with E-state index in [1.165, 1.54) is 18.2 Å². The van der Waals surface area contributed by atoms with Crippen LogP contribution in [0.3, 0.4) is 0 Å². The van der Waals surface area contributed by atoms with Crippen LogP contribution in [0.15, 0.2) is 18.2 Å². The van der Waals surface area contributed by atoms with Crippen molar-refractivity contribution in [3.05, 3.63) is 35.4 Å². The summed E-state index contributed by atoms with van der Waals surface area (Å²) in [6.45, 7) is 4.97.